The van der Waals surface area contributed by atoms with E-state index in [1.807, 2.05) is 12.1 Å². The molecule has 102 valence electrons. The van der Waals surface area contributed by atoms with Crippen LogP contribution in [-0.4, -0.2) is 18.6 Å². The van der Waals surface area contributed by atoms with Crippen LogP contribution in [-0.2, 0) is 0 Å². The number of fused-ring (bicyclic) bond motifs is 2. The highest BCUT2D eigenvalue weighted by Gasteiger charge is 2.39. The molecule has 0 saturated heterocycles. The Morgan fingerprint density at radius 2 is 2.11 bits per heavy atom. The average molecular weight is 274 g/mol. The summed E-state index contributed by atoms with van der Waals surface area (Å²) in [5.74, 6) is 2.84. The summed E-state index contributed by atoms with van der Waals surface area (Å²) >= 11 is 5.16. The molecule has 2 nitrogen and oxygen atoms in total. The molecule has 3 unspecified atom stereocenters. The minimum Gasteiger partial charge on any atom is -0.389 e. The molecule has 0 amide bonds. The Hall–Kier alpha value is -1.09. The first-order chi connectivity index (χ1) is 9.15. The van der Waals surface area contributed by atoms with Gasteiger partial charge in [0.05, 0.1) is 0 Å². The molecule has 3 heteroatoms. The van der Waals surface area contributed by atoms with Crippen molar-refractivity contribution in [2.45, 2.75) is 25.7 Å². The molecule has 0 heterocycles. The number of nitrogens with zero attached hydrogens (tertiary/aromatic N) is 1. The van der Waals surface area contributed by atoms with Gasteiger partial charge in [-0.2, -0.15) is 0 Å². The fourth-order valence-corrected chi connectivity index (χ4v) is 4.24. The molecule has 3 rings (SSSR count). The molecular formula is C16H22N2S. The number of benzene rings is 1. The van der Waals surface area contributed by atoms with Gasteiger partial charge in [-0.3, -0.25) is 0 Å². The van der Waals surface area contributed by atoms with Crippen LogP contribution >= 0.6 is 12.2 Å². The summed E-state index contributed by atoms with van der Waals surface area (Å²) < 4.78 is 0. The van der Waals surface area contributed by atoms with E-state index in [1.165, 1.54) is 31.4 Å². The van der Waals surface area contributed by atoms with Crippen LogP contribution in [0.4, 0.5) is 5.69 Å². The number of rotatable bonds is 4. The van der Waals surface area contributed by atoms with E-state index < -0.39 is 0 Å². The van der Waals surface area contributed by atoms with E-state index >= 15 is 0 Å². The SMILES string of the molecule is CN(CC1CC2CCC1C2)c1ccccc1C(N)=S. The van der Waals surface area contributed by atoms with Gasteiger partial charge in [-0.25, -0.2) is 0 Å². The lowest BCUT2D eigenvalue weighted by Gasteiger charge is -2.29. The third-order valence-electron chi connectivity index (χ3n) is 4.97. The molecular weight excluding hydrogens is 252 g/mol. The van der Waals surface area contributed by atoms with Crippen molar-refractivity contribution in [1.29, 1.82) is 0 Å². The molecule has 0 aliphatic heterocycles. The van der Waals surface area contributed by atoms with Crippen LogP contribution in [0.5, 0.6) is 0 Å². The Bertz CT molecular complexity index is 485. The number of anilines is 1. The number of nitrogens with two attached hydrogens (primary N) is 1. The van der Waals surface area contributed by atoms with Gasteiger partial charge < -0.3 is 10.6 Å². The highest BCUT2D eigenvalue weighted by molar-refractivity contribution is 7.80. The van der Waals surface area contributed by atoms with Crippen molar-refractivity contribution in [3.05, 3.63) is 29.8 Å². The van der Waals surface area contributed by atoms with Crippen molar-refractivity contribution < 1.29 is 0 Å². The molecule has 2 saturated carbocycles. The van der Waals surface area contributed by atoms with Gasteiger partial charge in [0.25, 0.3) is 0 Å². The van der Waals surface area contributed by atoms with Crippen LogP contribution in [0.3, 0.4) is 0 Å². The van der Waals surface area contributed by atoms with Gasteiger partial charge in [0.2, 0.25) is 0 Å². The average Bonchev–Trinajstić information content (AvgIpc) is 3.01. The van der Waals surface area contributed by atoms with Gasteiger partial charge in [0.15, 0.2) is 0 Å². The summed E-state index contributed by atoms with van der Waals surface area (Å²) in [5.41, 5.74) is 8.01. The molecule has 0 aromatic heterocycles. The zero-order valence-electron chi connectivity index (χ0n) is 11.5. The maximum Gasteiger partial charge on any atom is 0.106 e. The minimum atomic E-state index is 0.496. The molecule has 2 fully saturated rings. The third kappa shape index (κ3) is 2.48. The largest absolute Gasteiger partial charge is 0.389 e. The topological polar surface area (TPSA) is 29.3 Å². The number of hydrogen-bond donors (Lipinski definition) is 1. The summed E-state index contributed by atoms with van der Waals surface area (Å²) in [7, 11) is 2.17. The van der Waals surface area contributed by atoms with E-state index in [4.69, 9.17) is 18.0 Å². The lowest BCUT2D eigenvalue weighted by molar-refractivity contribution is 0.337. The van der Waals surface area contributed by atoms with Crippen LogP contribution in [0, 0.1) is 17.8 Å². The summed E-state index contributed by atoms with van der Waals surface area (Å²) in [4.78, 5) is 2.84. The van der Waals surface area contributed by atoms with E-state index in [9.17, 15) is 0 Å². The van der Waals surface area contributed by atoms with Crippen LogP contribution in [0.15, 0.2) is 24.3 Å². The third-order valence-corrected chi connectivity index (χ3v) is 5.19. The zero-order chi connectivity index (χ0) is 13.4. The smallest absolute Gasteiger partial charge is 0.106 e. The normalized spacial score (nSPS) is 28.6. The first-order valence-electron chi connectivity index (χ1n) is 7.25. The van der Waals surface area contributed by atoms with Crippen LogP contribution in [0.1, 0.15) is 31.2 Å². The summed E-state index contributed by atoms with van der Waals surface area (Å²) in [6.07, 6.45) is 5.80. The van der Waals surface area contributed by atoms with E-state index in [1.54, 1.807) is 0 Å². The van der Waals surface area contributed by atoms with Crippen LogP contribution in [0.2, 0.25) is 0 Å². The molecule has 0 spiro atoms. The molecule has 2 bridgehead atoms. The van der Waals surface area contributed by atoms with Crippen molar-refractivity contribution in [1.82, 2.24) is 0 Å². The zero-order valence-corrected chi connectivity index (χ0v) is 12.3. The molecule has 2 aliphatic rings. The van der Waals surface area contributed by atoms with E-state index in [0.29, 0.717) is 4.99 Å². The summed E-state index contributed by atoms with van der Waals surface area (Å²) in [6.45, 7) is 1.14. The molecule has 3 atom stereocenters. The van der Waals surface area contributed by atoms with E-state index in [2.05, 4.69) is 24.1 Å². The second-order valence-electron chi connectivity index (χ2n) is 6.20. The Morgan fingerprint density at radius 3 is 2.74 bits per heavy atom. The highest BCUT2D eigenvalue weighted by atomic mass is 32.1. The maximum absolute atomic E-state index is 5.83. The van der Waals surface area contributed by atoms with Gasteiger partial charge in [-0.05, 0) is 49.1 Å². The van der Waals surface area contributed by atoms with Gasteiger partial charge in [-0.1, -0.05) is 30.8 Å². The van der Waals surface area contributed by atoms with Crippen LogP contribution in [0.25, 0.3) is 0 Å². The van der Waals surface area contributed by atoms with Gasteiger partial charge in [0, 0.05) is 24.8 Å². The predicted molar refractivity (Wildman–Crippen MR) is 84.5 cm³/mol. The fourth-order valence-electron chi connectivity index (χ4n) is 4.07. The molecule has 2 aliphatic carbocycles. The lowest BCUT2D eigenvalue weighted by atomic mass is 9.88. The minimum absolute atomic E-state index is 0.496. The maximum atomic E-state index is 5.83. The quantitative estimate of drug-likeness (QED) is 0.855. The lowest BCUT2D eigenvalue weighted by Crippen LogP contribution is -2.30. The molecule has 0 radical (unpaired) electrons. The first-order valence-corrected chi connectivity index (χ1v) is 7.66. The van der Waals surface area contributed by atoms with E-state index in [-0.39, 0.29) is 0 Å². The number of para-hydroxylation sites is 1. The second kappa shape index (κ2) is 5.12. The highest BCUT2D eigenvalue weighted by Crippen LogP contribution is 2.48. The molecule has 2 N–H and O–H groups in total. The van der Waals surface area contributed by atoms with Gasteiger partial charge in [0.1, 0.15) is 4.99 Å². The second-order valence-corrected chi connectivity index (χ2v) is 6.64. The van der Waals surface area contributed by atoms with Crippen molar-refractivity contribution in [2.75, 3.05) is 18.5 Å². The van der Waals surface area contributed by atoms with Gasteiger partial charge in [-0.15, -0.1) is 0 Å². The van der Waals surface area contributed by atoms with Crippen LogP contribution < -0.4 is 10.6 Å². The predicted octanol–water partition coefficient (Wildman–Crippen LogP) is 3.19. The van der Waals surface area contributed by atoms with E-state index in [0.717, 1.165) is 29.9 Å². The molecule has 19 heavy (non-hydrogen) atoms. The van der Waals surface area contributed by atoms with Crippen molar-refractivity contribution in [3.63, 3.8) is 0 Å². The summed E-state index contributed by atoms with van der Waals surface area (Å²) in [6, 6.07) is 8.22. The Morgan fingerprint density at radius 1 is 1.32 bits per heavy atom. The Balaban J connectivity index is 1.74. The number of hydrogen-bond acceptors (Lipinski definition) is 2. The standard InChI is InChI=1S/C16H22N2S/c1-18(10-13-9-11-6-7-12(13)8-11)15-5-3-2-4-14(15)16(17)19/h2-5,11-13H,6-10H2,1H3,(H2,17,19). The number of thiocarbonyl (C=S) groups is 1. The van der Waals surface area contributed by atoms with Crippen molar-refractivity contribution in [3.8, 4) is 0 Å². The Kier molecular flexibility index (Phi) is 3.48. The van der Waals surface area contributed by atoms with Gasteiger partial charge >= 0.3 is 0 Å². The van der Waals surface area contributed by atoms with Crippen molar-refractivity contribution >= 4 is 22.9 Å². The van der Waals surface area contributed by atoms with Crippen molar-refractivity contribution in [2.24, 2.45) is 23.5 Å². The summed E-state index contributed by atoms with van der Waals surface area (Å²) in [5, 5.41) is 0. The monoisotopic (exact) mass is 274 g/mol. The fraction of sp³-hybridized carbons (Fsp3) is 0.562. The Labute approximate surface area is 121 Å². The molecule has 1 aromatic rings. The first kappa shape index (κ1) is 12.9. The molecule has 1 aromatic carbocycles.